The van der Waals surface area contributed by atoms with Gasteiger partial charge >= 0.3 is 6.16 Å². The molecule has 1 heterocycles. The molecule has 2 N–H and O–H groups in total. The first-order chi connectivity index (χ1) is 12.5. The summed E-state index contributed by atoms with van der Waals surface area (Å²) in [6.07, 6.45) is 4.26. The second kappa shape index (κ2) is 5.67. The van der Waals surface area contributed by atoms with Crippen molar-refractivity contribution >= 4 is 11.9 Å². The van der Waals surface area contributed by atoms with Gasteiger partial charge in [-0.05, 0) is 56.6 Å². The van der Waals surface area contributed by atoms with Crippen molar-refractivity contribution in [3.8, 4) is 0 Å². The third kappa shape index (κ3) is 2.20. The van der Waals surface area contributed by atoms with Crippen molar-refractivity contribution in [3.05, 3.63) is 23.8 Å². The van der Waals surface area contributed by atoms with Crippen LogP contribution in [0.2, 0.25) is 0 Å². The lowest BCUT2D eigenvalue weighted by atomic mass is 9.44. The van der Waals surface area contributed by atoms with Crippen molar-refractivity contribution in [2.75, 3.05) is 6.61 Å². The van der Waals surface area contributed by atoms with Crippen molar-refractivity contribution < 1.29 is 29.3 Å². The molecule has 6 heteroatoms. The summed E-state index contributed by atoms with van der Waals surface area (Å²) in [7, 11) is 0. The summed E-state index contributed by atoms with van der Waals surface area (Å²) >= 11 is 0. The van der Waals surface area contributed by atoms with Gasteiger partial charge in [0.05, 0.1) is 0 Å². The number of carbonyl (C=O) groups excluding carboxylic acids is 2. The fourth-order valence-electron chi connectivity index (χ4n) is 6.03. The Balaban J connectivity index is 1.95. The molecule has 1 spiro atoms. The average molecular weight is 376 g/mol. The Hall–Kier alpha value is -1.66. The van der Waals surface area contributed by atoms with Crippen molar-refractivity contribution in [2.45, 2.75) is 57.8 Å². The molecule has 0 radical (unpaired) electrons. The summed E-state index contributed by atoms with van der Waals surface area (Å²) in [6, 6.07) is 0. The Bertz CT molecular complexity index is 750. The van der Waals surface area contributed by atoms with Crippen LogP contribution in [-0.4, -0.2) is 46.1 Å². The first kappa shape index (κ1) is 18.7. The molecule has 4 rings (SSSR count). The first-order valence-electron chi connectivity index (χ1n) is 9.73. The molecule has 0 aromatic carbocycles. The van der Waals surface area contributed by atoms with E-state index in [9.17, 15) is 19.8 Å². The summed E-state index contributed by atoms with van der Waals surface area (Å²) in [5, 5.41) is 22.9. The van der Waals surface area contributed by atoms with Gasteiger partial charge in [0.15, 0.2) is 5.78 Å². The molecule has 0 aromatic rings. The van der Waals surface area contributed by atoms with Gasteiger partial charge < -0.3 is 19.7 Å². The largest absolute Gasteiger partial charge is 0.508 e. The van der Waals surface area contributed by atoms with Crippen LogP contribution >= 0.6 is 0 Å². The predicted octanol–water partition coefficient (Wildman–Crippen LogP) is 2.39. The first-order valence-corrected chi connectivity index (χ1v) is 9.73. The van der Waals surface area contributed by atoms with Crippen molar-refractivity contribution in [1.82, 2.24) is 0 Å². The number of cyclic esters (lactones) is 1. The van der Waals surface area contributed by atoms with E-state index < -0.39 is 28.9 Å². The number of allylic oxidation sites excluding steroid dienone is 3. The van der Waals surface area contributed by atoms with Crippen LogP contribution in [0.1, 0.15) is 40.5 Å². The predicted molar refractivity (Wildman–Crippen MR) is 96.7 cm³/mol. The summed E-state index contributed by atoms with van der Waals surface area (Å²) in [5.74, 6) is 0.00331. The van der Waals surface area contributed by atoms with Gasteiger partial charge in [-0.3, -0.25) is 4.79 Å². The quantitative estimate of drug-likeness (QED) is 0.539. The highest BCUT2D eigenvalue weighted by atomic mass is 16.7. The van der Waals surface area contributed by atoms with Gasteiger partial charge in [-0.2, -0.15) is 0 Å². The fourth-order valence-corrected chi connectivity index (χ4v) is 6.03. The zero-order chi connectivity index (χ0) is 19.8. The van der Waals surface area contributed by atoms with E-state index in [2.05, 4.69) is 19.9 Å². The zero-order valence-corrected chi connectivity index (χ0v) is 16.3. The standard InChI is InChI=1S/C21H28O6/c1-11(2)13-6-5-12(3)14-9-21(25)19(4,24)8-7-15(22)20(21)10-26-18(23)27-17(20)16(13)14/h5,7-8,11,13-14,16-17,24-25H,6,9-10H2,1-4H3/t13-,14+,16-,17-,19+,20+,21+/m1/s1. The maximum atomic E-state index is 13.2. The minimum Gasteiger partial charge on any atom is -0.433 e. The summed E-state index contributed by atoms with van der Waals surface area (Å²) in [4.78, 5) is 25.2. The van der Waals surface area contributed by atoms with Gasteiger partial charge in [0.25, 0.3) is 0 Å². The van der Waals surface area contributed by atoms with Gasteiger partial charge in [-0.25, -0.2) is 4.79 Å². The SMILES string of the molecule is CC1=CC[C@H](C(C)C)[C@H]2[C@H]3OC(=O)OC[C@]34C(=O)C=C[C@](C)(O)[C@@]4(O)C[C@@H]12. The normalized spacial score (nSPS) is 48.8. The highest BCUT2D eigenvalue weighted by Gasteiger charge is 2.76. The molecule has 0 unspecified atom stereocenters. The number of ketones is 1. The van der Waals surface area contributed by atoms with Gasteiger partial charge in [0, 0.05) is 5.92 Å². The van der Waals surface area contributed by atoms with Crippen LogP contribution in [0, 0.1) is 29.1 Å². The number of rotatable bonds is 1. The van der Waals surface area contributed by atoms with Gasteiger partial charge in [0.1, 0.15) is 29.3 Å². The monoisotopic (exact) mass is 376 g/mol. The lowest BCUT2D eigenvalue weighted by Crippen LogP contribution is -2.78. The number of hydrogen-bond donors (Lipinski definition) is 2. The van der Waals surface area contributed by atoms with E-state index >= 15 is 0 Å². The summed E-state index contributed by atoms with van der Waals surface area (Å²) in [5.41, 5.74) is -3.81. The third-order valence-corrected chi connectivity index (χ3v) is 7.68. The zero-order valence-electron chi connectivity index (χ0n) is 16.3. The molecule has 0 amide bonds. The molecular weight excluding hydrogens is 348 g/mol. The van der Waals surface area contributed by atoms with Gasteiger partial charge in [0.2, 0.25) is 0 Å². The average Bonchev–Trinajstić information content (AvgIpc) is 2.59. The second-order valence-electron chi connectivity index (χ2n) is 9.23. The molecule has 7 atom stereocenters. The third-order valence-electron chi connectivity index (χ3n) is 7.68. The number of fused-ring (bicyclic) bond motifs is 2. The Kier molecular flexibility index (Phi) is 3.93. The van der Waals surface area contributed by atoms with E-state index in [1.807, 2.05) is 6.92 Å². The van der Waals surface area contributed by atoms with Crippen molar-refractivity contribution in [2.24, 2.45) is 29.1 Å². The van der Waals surface area contributed by atoms with Crippen LogP contribution in [0.3, 0.4) is 0 Å². The molecule has 0 aromatic heterocycles. The lowest BCUT2D eigenvalue weighted by molar-refractivity contribution is -0.286. The highest BCUT2D eigenvalue weighted by molar-refractivity contribution is 5.99. The van der Waals surface area contributed by atoms with Crippen molar-refractivity contribution in [1.29, 1.82) is 0 Å². The van der Waals surface area contributed by atoms with E-state index in [4.69, 9.17) is 9.47 Å². The Labute approximate surface area is 159 Å². The Morgan fingerprint density at radius 3 is 2.63 bits per heavy atom. The number of carbonyl (C=O) groups is 2. The molecule has 1 saturated carbocycles. The molecule has 1 aliphatic heterocycles. The molecular formula is C21H28O6. The smallest absolute Gasteiger partial charge is 0.433 e. The van der Waals surface area contributed by atoms with E-state index in [0.29, 0.717) is 5.92 Å². The van der Waals surface area contributed by atoms with Crippen LogP contribution < -0.4 is 0 Å². The summed E-state index contributed by atoms with van der Waals surface area (Å²) in [6.45, 7) is 7.50. The van der Waals surface area contributed by atoms with Crippen LogP contribution in [0.15, 0.2) is 23.8 Å². The van der Waals surface area contributed by atoms with E-state index in [-0.39, 0.29) is 36.6 Å². The van der Waals surface area contributed by atoms with Crippen LogP contribution in [0.5, 0.6) is 0 Å². The number of hydrogen-bond acceptors (Lipinski definition) is 6. The summed E-state index contributed by atoms with van der Waals surface area (Å²) < 4.78 is 10.8. The molecule has 2 fully saturated rings. The van der Waals surface area contributed by atoms with Crippen LogP contribution in [0.25, 0.3) is 0 Å². The minimum atomic E-state index is -1.79. The van der Waals surface area contributed by atoms with Gasteiger partial charge in [-0.1, -0.05) is 25.5 Å². The van der Waals surface area contributed by atoms with E-state index in [0.717, 1.165) is 12.0 Å². The van der Waals surface area contributed by atoms with E-state index in [1.165, 1.54) is 19.1 Å². The molecule has 27 heavy (non-hydrogen) atoms. The maximum absolute atomic E-state index is 13.2. The van der Waals surface area contributed by atoms with Crippen LogP contribution in [0.4, 0.5) is 4.79 Å². The topological polar surface area (TPSA) is 93.1 Å². The number of aliphatic hydroxyl groups is 2. The Morgan fingerprint density at radius 1 is 1.26 bits per heavy atom. The molecule has 6 nitrogen and oxygen atoms in total. The minimum absolute atomic E-state index is 0.0778. The second-order valence-corrected chi connectivity index (χ2v) is 9.23. The molecule has 148 valence electrons. The van der Waals surface area contributed by atoms with Crippen molar-refractivity contribution in [3.63, 3.8) is 0 Å². The molecule has 4 aliphatic rings. The van der Waals surface area contributed by atoms with Crippen LogP contribution in [-0.2, 0) is 14.3 Å². The molecule has 3 aliphatic carbocycles. The molecule has 1 saturated heterocycles. The highest BCUT2D eigenvalue weighted by Crippen LogP contribution is 2.62. The maximum Gasteiger partial charge on any atom is 0.508 e. The lowest BCUT2D eigenvalue weighted by Gasteiger charge is -2.64. The van der Waals surface area contributed by atoms with Gasteiger partial charge in [-0.15, -0.1) is 0 Å². The number of ether oxygens (including phenoxy) is 2. The Morgan fingerprint density at radius 2 is 1.96 bits per heavy atom. The fraction of sp³-hybridized carbons (Fsp3) is 0.714. The van der Waals surface area contributed by atoms with E-state index in [1.54, 1.807) is 0 Å². The molecule has 0 bridgehead atoms.